The fourth-order valence-corrected chi connectivity index (χ4v) is 4.30. The minimum absolute atomic E-state index is 0.0404. The van der Waals surface area contributed by atoms with Crippen molar-refractivity contribution in [2.75, 3.05) is 13.1 Å². The van der Waals surface area contributed by atoms with Crippen molar-refractivity contribution in [2.45, 2.75) is 37.2 Å². The molecule has 1 saturated heterocycles. The summed E-state index contributed by atoms with van der Waals surface area (Å²) in [5, 5.41) is 1.37. The Morgan fingerprint density at radius 3 is 2.57 bits per heavy atom. The molecule has 0 amide bonds. The zero-order valence-corrected chi connectivity index (χ0v) is 18.4. The van der Waals surface area contributed by atoms with Gasteiger partial charge in [-0.2, -0.15) is 0 Å². The number of likely N-dealkylation sites (tertiary alicyclic amines) is 1. The number of rotatable bonds is 7. The Bertz CT molecular complexity index is 1060. The van der Waals surface area contributed by atoms with E-state index in [1.54, 1.807) is 6.20 Å². The van der Waals surface area contributed by atoms with E-state index in [1.165, 1.54) is 24.6 Å². The molecule has 1 aromatic heterocycles. The third kappa shape index (κ3) is 5.45. The van der Waals surface area contributed by atoms with Gasteiger partial charge < -0.3 is 9.72 Å². The fourth-order valence-electron chi connectivity index (χ4n) is 3.39. The molecular weight excluding hydrogens is 418 g/mol. The van der Waals surface area contributed by atoms with Gasteiger partial charge >= 0.3 is 0 Å². The molecule has 156 valence electrons. The zero-order valence-electron chi connectivity index (χ0n) is 16.9. The summed E-state index contributed by atoms with van der Waals surface area (Å²) in [7, 11) is 0. The van der Waals surface area contributed by atoms with Gasteiger partial charge in [-0.05, 0) is 74.3 Å². The third-order valence-corrected chi connectivity index (χ3v) is 6.49. The van der Waals surface area contributed by atoms with E-state index in [9.17, 15) is 4.79 Å². The van der Waals surface area contributed by atoms with Crippen LogP contribution in [0.5, 0.6) is 11.5 Å². The summed E-state index contributed by atoms with van der Waals surface area (Å²) < 4.78 is 5.89. The second-order valence-electron chi connectivity index (χ2n) is 7.47. The van der Waals surface area contributed by atoms with E-state index in [4.69, 9.17) is 16.3 Å². The summed E-state index contributed by atoms with van der Waals surface area (Å²) in [6.45, 7) is 4.76. The van der Waals surface area contributed by atoms with E-state index < -0.39 is 0 Å². The molecule has 0 spiro atoms. The minimum Gasteiger partial charge on any atom is -0.457 e. The van der Waals surface area contributed by atoms with Gasteiger partial charge in [0.25, 0.3) is 5.56 Å². The maximum atomic E-state index is 12.3. The predicted molar refractivity (Wildman–Crippen MR) is 122 cm³/mol. The minimum atomic E-state index is -0.0404. The average molecular weight is 442 g/mol. The van der Waals surface area contributed by atoms with Gasteiger partial charge in [0.15, 0.2) is 5.16 Å². The van der Waals surface area contributed by atoms with Gasteiger partial charge in [-0.3, -0.25) is 9.69 Å². The first-order valence-electron chi connectivity index (χ1n) is 10.0. The molecule has 1 fully saturated rings. The van der Waals surface area contributed by atoms with E-state index in [0.717, 1.165) is 52.1 Å². The van der Waals surface area contributed by atoms with Crippen LogP contribution >= 0.6 is 23.4 Å². The van der Waals surface area contributed by atoms with Gasteiger partial charge in [-0.25, -0.2) is 4.98 Å². The van der Waals surface area contributed by atoms with Crippen LogP contribution in [0, 0.1) is 6.92 Å². The summed E-state index contributed by atoms with van der Waals surface area (Å²) in [6, 6.07) is 13.5. The number of thioether (sulfide) groups is 1. The highest BCUT2D eigenvalue weighted by atomic mass is 35.5. The SMILES string of the molecule is Cc1cc(Oc2ccc(CSc3ncc(CN4CCCC4)c(=O)[nH]3)cc2)ccc1Cl. The van der Waals surface area contributed by atoms with Gasteiger partial charge in [0.2, 0.25) is 0 Å². The first kappa shape index (κ1) is 21.0. The number of halogens is 1. The smallest absolute Gasteiger partial charge is 0.256 e. The normalized spacial score (nSPS) is 14.2. The number of benzene rings is 2. The van der Waals surface area contributed by atoms with Crippen LogP contribution in [0.3, 0.4) is 0 Å². The highest BCUT2D eigenvalue weighted by Gasteiger charge is 2.14. The molecule has 0 aliphatic carbocycles. The van der Waals surface area contributed by atoms with Crippen molar-refractivity contribution in [2.24, 2.45) is 0 Å². The molecule has 3 aromatic rings. The third-order valence-electron chi connectivity index (χ3n) is 5.11. The Morgan fingerprint density at radius 1 is 1.13 bits per heavy atom. The summed E-state index contributed by atoms with van der Waals surface area (Å²) >= 11 is 7.58. The Kier molecular flexibility index (Phi) is 6.77. The van der Waals surface area contributed by atoms with Gasteiger partial charge in [0, 0.05) is 29.1 Å². The molecule has 1 aliphatic rings. The standard InChI is InChI=1S/C23H24ClN3O2S/c1-16-12-20(8-9-21(16)24)29-19-6-4-17(5-7-19)15-30-23-25-13-18(22(28)26-23)14-27-10-2-3-11-27/h4-9,12-13H,2-3,10-11,14-15H2,1H3,(H,25,26,28). The highest BCUT2D eigenvalue weighted by molar-refractivity contribution is 7.98. The number of aromatic nitrogens is 2. The number of aromatic amines is 1. The average Bonchev–Trinajstić information content (AvgIpc) is 3.25. The Balaban J connectivity index is 1.33. The number of nitrogens with one attached hydrogen (secondary N) is 1. The number of hydrogen-bond acceptors (Lipinski definition) is 5. The molecule has 0 bridgehead atoms. The number of H-pyrrole nitrogens is 1. The molecule has 2 aromatic carbocycles. The summed E-state index contributed by atoms with van der Waals surface area (Å²) in [6.07, 6.45) is 4.13. The lowest BCUT2D eigenvalue weighted by molar-refractivity contribution is 0.329. The van der Waals surface area contributed by atoms with E-state index in [-0.39, 0.29) is 5.56 Å². The van der Waals surface area contributed by atoms with Crippen LogP contribution in [-0.4, -0.2) is 28.0 Å². The van der Waals surface area contributed by atoms with E-state index in [1.807, 2.05) is 49.4 Å². The van der Waals surface area contributed by atoms with Gasteiger partial charge in [-0.1, -0.05) is 35.5 Å². The molecule has 1 N–H and O–H groups in total. The van der Waals surface area contributed by atoms with E-state index >= 15 is 0 Å². The molecule has 0 unspecified atom stereocenters. The number of aryl methyl sites for hydroxylation is 1. The van der Waals surface area contributed by atoms with E-state index in [0.29, 0.717) is 11.7 Å². The van der Waals surface area contributed by atoms with Crippen molar-refractivity contribution in [3.63, 3.8) is 0 Å². The Hall–Kier alpha value is -2.28. The molecule has 4 rings (SSSR count). The number of nitrogens with zero attached hydrogens (tertiary/aromatic N) is 2. The molecule has 1 aliphatic heterocycles. The van der Waals surface area contributed by atoms with Crippen molar-refractivity contribution in [3.8, 4) is 11.5 Å². The quantitative estimate of drug-likeness (QED) is 0.392. The van der Waals surface area contributed by atoms with E-state index in [2.05, 4.69) is 14.9 Å². The maximum absolute atomic E-state index is 12.3. The molecule has 0 atom stereocenters. The van der Waals surface area contributed by atoms with Crippen LogP contribution in [0.25, 0.3) is 0 Å². The molecule has 5 nitrogen and oxygen atoms in total. The summed E-state index contributed by atoms with van der Waals surface area (Å²) in [5.41, 5.74) is 2.81. The van der Waals surface area contributed by atoms with Crippen LogP contribution in [0.1, 0.15) is 29.5 Å². The first-order valence-corrected chi connectivity index (χ1v) is 11.4. The first-order chi connectivity index (χ1) is 14.6. The molecule has 2 heterocycles. The zero-order chi connectivity index (χ0) is 20.9. The lowest BCUT2D eigenvalue weighted by Gasteiger charge is -2.13. The van der Waals surface area contributed by atoms with Gasteiger partial charge in [0.05, 0.1) is 0 Å². The van der Waals surface area contributed by atoms with Crippen LogP contribution < -0.4 is 10.3 Å². The second-order valence-corrected chi connectivity index (χ2v) is 8.84. The molecule has 0 radical (unpaired) electrons. The van der Waals surface area contributed by atoms with Gasteiger partial charge in [-0.15, -0.1) is 0 Å². The Labute approximate surface area is 185 Å². The lowest BCUT2D eigenvalue weighted by atomic mass is 10.2. The van der Waals surface area contributed by atoms with Crippen LogP contribution in [0.2, 0.25) is 5.02 Å². The molecule has 0 saturated carbocycles. The number of hydrogen-bond donors (Lipinski definition) is 1. The lowest BCUT2D eigenvalue weighted by Crippen LogP contribution is -2.24. The topological polar surface area (TPSA) is 58.2 Å². The molecule has 7 heteroatoms. The van der Waals surface area contributed by atoms with Crippen LogP contribution in [0.4, 0.5) is 0 Å². The fraction of sp³-hybridized carbons (Fsp3) is 0.304. The summed E-state index contributed by atoms with van der Waals surface area (Å²) in [4.78, 5) is 22.0. The largest absolute Gasteiger partial charge is 0.457 e. The summed E-state index contributed by atoms with van der Waals surface area (Å²) in [5.74, 6) is 2.24. The van der Waals surface area contributed by atoms with Crippen molar-refractivity contribution < 1.29 is 4.74 Å². The van der Waals surface area contributed by atoms with Gasteiger partial charge in [0.1, 0.15) is 11.5 Å². The number of ether oxygens (including phenoxy) is 1. The van der Waals surface area contributed by atoms with Crippen molar-refractivity contribution in [1.82, 2.24) is 14.9 Å². The molecule has 30 heavy (non-hydrogen) atoms. The monoisotopic (exact) mass is 441 g/mol. The highest BCUT2D eigenvalue weighted by Crippen LogP contribution is 2.27. The Morgan fingerprint density at radius 2 is 1.87 bits per heavy atom. The molecular formula is C23H24ClN3O2S. The van der Waals surface area contributed by atoms with Crippen LogP contribution in [0.15, 0.2) is 58.6 Å². The van der Waals surface area contributed by atoms with Crippen molar-refractivity contribution >= 4 is 23.4 Å². The van der Waals surface area contributed by atoms with Crippen molar-refractivity contribution in [1.29, 1.82) is 0 Å². The van der Waals surface area contributed by atoms with Crippen LogP contribution in [-0.2, 0) is 12.3 Å². The van der Waals surface area contributed by atoms with Crippen molar-refractivity contribution in [3.05, 3.63) is 80.7 Å². The maximum Gasteiger partial charge on any atom is 0.256 e. The predicted octanol–water partition coefficient (Wildman–Crippen LogP) is 5.41. The second kappa shape index (κ2) is 9.69.